The summed E-state index contributed by atoms with van der Waals surface area (Å²) < 4.78 is 1.05. The lowest BCUT2D eigenvalue weighted by molar-refractivity contribution is 0.100. The largest absolute Gasteiger partial charge is 0.366 e. The van der Waals surface area contributed by atoms with Crippen molar-refractivity contribution in [2.24, 2.45) is 5.73 Å². The molecule has 3 aromatic rings. The molecule has 1 aromatic heterocycles. The maximum absolute atomic E-state index is 11.1. The molecule has 0 bridgehead atoms. The number of hydrogen-bond acceptors (Lipinski definition) is 3. The second-order valence-electron chi connectivity index (χ2n) is 3.93. The molecule has 2 aromatic carbocycles. The van der Waals surface area contributed by atoms with Crippen LogP contribution >= 0.6 is 11.3 Å². The molecule has 4 heteroatoms. The van der Waals surface area contributed by atoms with Crippen LogP contribution in [-0.4, -0.2) is 10.9 Å². The molecule has 0 radical (unpaired) electrons. The summed E-state index contributed by atoms with van der Waals surface area (Å²) in [6.07, 6.45) is 0. The second kappa shape index (κ2) is 4.23. The number of fused-ring (bicyclic) bond motifs is 1. The van der Waals surface area contributed by atoms with Gasteiger partial charge < -0.3 is 5.73 Å². The number of carbonyl (C=O) groups is 1. The van der Waals surface area contributed by atoms with Crippen molar-refractivity contribution in [2.75, 3.05) is 0 Å². The lowest BCUT2D eigenvalue weighted by Gasteiger charge is -1.93. The molecule has 0 spiro atoms. The van der Waals surface area contributed by atoms with Gasteiger partial charge in [-0.25, -0.2) is 4.98 Å². The van der Waals surface area contributed by atoms with Gasteiger partial charge in [-0.05, 0) is 18.2 Å². The van der Waals surface area contributed by atoms with E-state index < -0.39 is 5.91 Å². The Bertz CT molecular complexity index is 719. The maximum atomic E-state index is 11.1. The van der Waals surface area contributed by atoms with Crippen LogP contribution in [0.4, 0.5) is 0 Å². The summed E-state index contributed by atoms with van der Waals surface area (Å²) in [5.41, 5.74) is 7.65. The van der Waals surface area contributed by atoms with E-state index in [2.05, 4.69) is 4.98 Å². The topological polar surface area (TPSA) is 56.0 Å². The number of benzene rings is 2. The van der Waals surface area contributed by atoms with Crippen molar-refractivity contribution in [2.45, 2.75) is 0 Å². The number of carbonyl (C=O) groups excluding carboxylic acids is 1. The predicted molar refractivity (Wildman–Crippen MR) is 73.6 cm³/mol. The van der Waals surface area contributed by atoms with E-state index in [9.17, 15) is 4.79 Å². The predicted octanol–water partition coefficient (Wildman–Crippen LogP) is 3.06. The minimum Gasteiger partial charge on any atom is -0.366 e. The molecule has 0 aliphatic heterocycles. The standard InChI is InChI=1S/C14H10N2OS/c15-13(17)10-6-7-12-11(8-10)16-14(18-12)9-4-2-1-3-5-9/h1-8H,(H2,15,17). The molecule has 1 amide bonds. The Balaban J connectivity index is 2.14. The number of rotatable bonds is 2. The summed E-state index contributed by atoms with van der Waals surface area (Å²) >= 11 is 1.61. The van der Waals surface area contributed by atoms with E-state index >= 15 is 0 Å². The van der Waals surface area contributed by atoms with Gasteiger partial charge in [0.15, 0.2) is 0 Å². The molecule has 0 aliphatic rings. The van der Waals surface area contributed by atoms with Crippen LogP contribution in [0.25, 0.3) is 20.8 Å². The van der Waals surface area contributed by atoms with Gasteiger partial charge in [0.1, 0.15) is 5.01 Å². The van der Waals surface area contributed by atoms with E-state index in [1.54, 1.807) is 23.5 Å². The molecule has 2 N–H and O–H groups in total. The lowest BCUT2D eigenvalue weighted by Crippen LogP contribution is -2.10. The molecule has 0 saturated heterocycles. The summed E-state index contributed by atoms with van der Waals surface area (Å²) in [5.74, 6) is -0.425. The first-order valence-electron chi connectivity index (χ1n) is 5.50. The van der Waals surface area contributed by atoms with Gasteiger partial charge in [0.25, 0.3) is 0 Å². The van der Waals surface area contributed by atoms with Gasteiger partial charge in [-0.15, -0.1) is 11.3 Å². The summed E-state index contributed by atoms with van der Waals surface area (Å²) in [6.45, 7) is 0. The Morgan fingerprint density at radius 1 is 1.11 bits per heavy atom. The third-order valence-electron chi connectivity index (χ3n) is 2.69. The zero-order valence-corrected chi connectivity index (χ0v) is 10.3. The Morgan fingerprint density at radius 3 is 2.61 bits per heavy atom. The molecule has 88 valence electrons. The van der Waals surface area contributed by atoms with E-state index in [0.717, 1.165) is 20.8 Å². The van der Waals surface area contributed by atoms with Gasteiger partial charge in [0.05, 0.1) is 10.2 Å². The van der Waals surface area contributed by atoms with E-state index in [0.29, 0.717) is 5.56 Å². The molecule has 0 unspecified atom stereocenters. The van der Waals surface area contributed by atoms with Crippen molar-refractivity contribution < 1.29 is 4.79 Å². The molecule has 3 nitrogen and oxygen atoms in total. The molecule has 0 atom stereocenters. The third-order valence-corrected chi connectivity index (χ3v) is 3.78. The van der Waals surface area contributed by atoms with Gasteiger partial charge >= 0.3 is 0 Å². The van der Waals surface area contributed by atoms with Crippen LogP contribution in [0.15, 0.2) is 48.5 Å². The first kappa shape index (κ1) is 10.9. The maximum Gasteiger partial charge on any atom is 0.248 e. The van der Waals surface area contributed by atoms with Crippen LogP contribution in [0.5, 0.6) is 0 Å². The molecule has 0 fully saturated rings. The second-order valence-corrected chi connectivity index (χ2v) is 4.96. The van der Waals surface area contributed by atoms with Crippen molar-refractivity contribution in [3.8, 4) is 10.6 Å². The fourth-order valence-corrected chi connectivity index (χ4v) is 2.74. The third kappa shape index (κ3) is 1.87. The van der Waals surface area contributed by atoms with Crippen LogP contribution in [0.3, 0.4) is 0 Å². The molecule has 3 rings (SSSR count). The summed E-state index contributed by atoms with van der Waals surface area (Å²) in [7, 11) is 0. The number of thiazole rings is 1. The van der Waals surface area contributed by atoms with E-state index in [1.165, 1.54) is 0 Å². The van der Waals surface area contributed by atoms with Gasteiger partial charge in [0, 0.05) is 11.1 Å². The molecular weight excluding hydrogens is 244 g/mol. The first-order chi connectivity index (χ1) is 8.74. The average molecular weight is 254 g/mol. The summed E-state index contributed by atoms with van der Waals surface area (Å²) in [6, 6.07) is 15.3. The quantitative estimate of drug-likeness (QED) is 0.764. The van der Waals surface area contributed by atoms with Crippen molar-refractivity contribution in [1.82, 2.24) is 4.98 Å². The minimum absolute atomic E-state index is 0.425. The smallest absolute Gasteiger partial charge is 0.248 e. The number of nitrogens with two attached hydrogens (primary N) is 1. The number of primary amides is 1. The first-order valence-corrected chi connectivity index (χ1v) is 6.31. The monoisotopic (exact) mass is 254 g/mol. The van der Waals surface area contributed by atoms with Crippen molar-refractivity contribution in [3.05, 3.63) is 54.1 Å². The highest BCUT2D eigenvalue weighted by Crippen LogP contribution is 2.30. The summed E-state index contributed by atoms with van der Waals surface area (Å²) in [5, 5.41) is 0.951. The Hall–Kier alpha value is -2.20. The van der Waals surface area contributed by atoms with Crippen molar-refractivity contribution >= 4 is 27.5 Å². The molecule has 18 heavy (non-hydrogen) atoms. The minimum atomic E-state index is -0.425. The van der Waals surface area contributed by atoms with E-state index in [-0.39, 0.29) is 0 Å². The number of aromatic nitrogens is 1. The number of nitrogens with zero attached hydrogens (tertiary/aromatic N) is 1. The van der Waals surface area contributed by atoms with Crippen LogP contribution in [0.1, 0.15) is 10.4 Å². The average Bonchev–Trinajstić information content (AvgIpc) is 2.82. The van der Waals surface area contributed by atoms with Gasteiger partial charge in [-0.2, -0.15) is 0 Å². The normalized spacial score (nSPS) is 10.7. The van der Waals surface area contributed by atoms with E-state index in [1.807, 2.05) is 36.4 Å². The van der Waals surface area contributed by atoms with Crippen LogP contribution in [0, 0.1) is 0 Å². The lowest BCUT2D eigenvalue weighted by atomic mass is 10.2. The Kier molecular flexibility index (Phi) is 2.57. The van der Waals surface area contributed by atoms with Crippen LogP contribution in [-0.2, 0) is 0 Å². The highest BCUT2D eigenvalue weighted by atomic mass is 32.1. The van der Waals surface area contributed by atoms with Gasteiger partial charge in [0.2, 0.25) is 5.91 Å². The Morgan fingerprint density at radius 2 is 1.89 bits per heavy atom. The molecular formula is C14H10N2OS. The SMILES string of the molecule is NC(=O)c1ccc2sc(-c3ccccc3)nc2c1. The highest BCUT2D eigenvalue weighted by Gasteiger charge is 2.08. The van der Waals surface area contributed by atoms with Crippen LogP contribution < -0.4 is 5.73 Å². The van der Waals surface area contributed by atoms with Crippen molar-refractivity contribution in [1.29, 1.82) is 0 Å². The number of amides is 1. The molecule has 0 aliphatic carbocycles. The Labute approximate surface area is 108 Å². The van der Waals surface area contributed by atoms with Crippen LogP contribution in [0.2, 0.25) is 0 Å². The highest BCUT2D eigenvalue weighted by molar-refractivity contribution is 7.21. The van der Waals surface area contributed by atoms with Crippen molar-refractivity contribution in [3.63, 3.8) is 0 Å². The zero-order valence-electron chi connectivity index (χ0n) is 9.46. The molecule has 1 heterocycles. The van der Waals surface area contributed by atoms with Gasteiger partial charge in [-0.1, -0.05) is 30.3 Å². The fourth-order valence-electron chi connectivity index (χ4n) is 1.78. The zero-order chi connectivity index (χ0) is 12.5. The molecule has 0 saturated carbocycles. The van der Waals surface area contributed by atoms with Gasteiger partial charge in [-0.3, -0.25) is 4.79 Å². The van der Waals surface area contributed by atoms with E-state index in [4.69, 9.17) is 5.73 Å². The fraction of sp³-hybridized carbons (Fsp3) is 0. The number of hydrogen-bond donors (Lipinski definition) is 1. The summed E-state index contributed by atoms with van der Waals surface area (Å²) in [4.78, 5) is 15.7.